The predicted molar refractivity (Wildman–Crippen MR) is 75.4 cm³/mol. The fraction of sp³-hybridized carbons (Fsp3) is 0.769. The second-order valence-corrected chi connectivity index (χ2v) is 5.03. The lowest BCUT2D eigenvalue weighted by Crippen LogP contribution is -2.46. The van der Waals surface area contributed by atoms with Gasteiger partial charge in [0.15, 0.2) is 0 Å². The van der Waals surface area contributed by atoms with E-state index in [0.29, 0.717) is 19.5 Å². The number of nitrogens with zero attached hydrogens (tertiary/aromatic N) is 2. The maximum atomic E-state index is 11.9. The Labute approximate surface area is 119 Å². The van der Waals surface area contributed by atoms with Gasteiger partial charge in [0.2, 0.25) is 5.91 Å². The largest absolute Gasteiger partial charge is 0.481 e. The number of hydrogen-bond acceptors (Lipinski definition) is 3. The van der Waals surface area contributed by atoms with E-state index in [-0.39, 0.29) is 30.8 Å². The third-order valence-corrected chi connectivity index (χ3v) is 2.95. The van der Waals surface area contributed by atoms with E-state index >= 15 is 0 Å². The number of carboxylic acids is 1. The summed E-state index contributed by atoms with van der Waals surface area (Å²) in [4.78, 5) is 36.8. The average molecular weight is 287 g/mol. The zero-order valence-electron chi connectivity index (χ0n) is 12.7. The molecule has 2 N–H and O–H groups in total. The lowest BCUT2D eigenvalue weighted by Gasteiger charge is -2.23. The van der Waals surface area contributed by atoms with Gasteiger partial charge in [0.1, 0.15) is 6.54 Å². The van der Waals surface area contributed by atoms with E-state index in [1.54, 1.807) is 21.0 Å². The van der Waals surface area contributed by atoms with Crippen LogP contribution in [-0.2, 0) is 9.59 Å². The van der Waals surface area contributed by atoms with Crippen molar-refractivity contribution < 1.29 is 19.5 Å². The molecule has 0 fully saturated rings. The lowest BCUT2D eigenvalue weighted by atomic mass is 10.1. The van der Waals surface area contributed by atoms with Gasteiger partial charge in [-0.05, 0) is 19.3 Å². The molecule has 7 nitrogen and oxygen atoms in total. The maximum Gasteiger partial charge on any atom is 0.317 e. The van der Waals surface area contributed by atoms with E-state index in [1.807, 2.05) is 6.92 Å². The van der Waals surface area contributed by atoms with Crippen LogP contribution in [0, 0.1) is 5.92 Å². The Morgan fingerprint density at radius 2 is 1.85 bits per heavy atom. The van der Waals surface area contributed by atoms with Crippen LogP contribution in [0.2, 0.25) is 0 Å². The smallest absolute Gasteiger partial charge is 0.317 e. The Morgan fingerprint density at radius 3 is 2.30 bits per heavy atom. The number of rotatable bonds is 8. The lowest BCUT2D eigenvalue weighted by molar-refractivity contribution is -0.137. The molecule has 0 saturated heterocycles. The zero-order valence-corrected chi connectivity index (χ0v) is 12.7. The van der Waals surface area contributed by atoms with Gasteiger partial charge < -0.3 is 20.2 Å². The number of nitrogens with one attached hydrogen (secondary N) is 1. The van der Waals surface area contributed by atoms with Gasteiger partial charge in [0.25, 0.3) is 0 Å². The maximum absolute atomic E-state index is 11.9. The van der Waals surface area contributed by atoms with Crippen molar-refractivity contribution in [3.05, 3.63) is 0 Å². The number of carboxylic acid groups (broad SMARTS) is 1. The van der Waals surface area contributed by atoms with E-state index in [4.69, 9.17) is 5.11 Å². The SMILES string of the molecule is CCN(CC(=O)N(C)C)C(=O)NCC(C)CCC(=O)O. The van der Waals surface area contributed by atoms with Crippen molar-refractivity contribution in [1.82, 2.24) is 15.1 Å². The Morgan fingerprint density at radius 1 is 1.25 bits per heavy atom. The van der Waals surface area contributed by atoms with Gasteiger partial charge in [-0.15, -0.1) is 0 Å². The van der Waals surface area contributed by atoms with Crippen molar-refractivity contribution in [2.75, 3.05) is 33.7 Å². The first-order chi connectivity index (χ1) is 9.27. The number of carbonyl (C=O) groups is 3. The highest BCUT2D eigenvalue weighted by molar-refractivity contribution is 5.83. The average Bonchev–Trinajstić information content (AvgIpc) is 2.39. The molecule has 7 heteroatoms. The molecule has 0 aromatic heterocycles. The minimum absolute atomic E-state index is 0.0405. The summed E-state index contributed by atoms with van der Waals surface area (Å²) < 4.78 is 0. The second-order valence-electron chi connectivity index (χ2n) is 5.03. The fourth-order valence-electron chi connectivity index (χ4n) is 1.48. The minimum atomic E-state index is -0.838. The van der Waals surface area contributed by atoms with Crippen LogP contribution in [-0.4, -0.2) is 66.5 Å². The van der Waals surface area contributed by atoms with E-state index in [1.165, 1.54) is 9.80 Å². The van der Waals surface area contributed by atoms with Gasteiger partial charge in [0.05, 0.1) is 0 Å². The third-order valence-electron chi connectivity index (χ3n) is 2.95. The van der Waals surface area contributed by atoms with Crippen LogP contribution < -0.4 is 5.32 Å². The molecule has 1 atom stereocenters. The van der Waals surface area contributed by atoms with Crippen LogP contribution in [0.1, 0.15) is 26.7 Å². The topological polar surface area (TPSA) is 90.0 Å². The van der Waals surface area contributed by atoms with Crippen LogP contribution in [0.15, 0.2) is 0 Å². The third kappa shape index (κ3) is 7.60. The fourth-order valence-corrected chi connectivity index (χ4v) is 1.48. The molecular weight excluding hydrogens is 262 g/mol. The summed E-state index contributed by atoms with van der Waals surface area (Å²) >= 11 is 0. The molecule has 0 aliphatic carbocycles. The van der Waals surface area contributed by atoms with Crippen molar-refractivity contribution in [2.45, 2.75) is 26.7 Å². The van der Waals surface area contributed by atoms with Crippen LogP contribution in [0.3, 0.4) is 0 Å². The minimum Gasteiger partial charge on any atom is -0.481 e. The van der Waals surface area contributed by atoms with E-state index in [2.05, 4.69) is 5.32 Å². The molecule has 0 bridgehead atoms. The summed E-state index contributed by atoms with van der Waals surface area (Å²) in [6.07, 6.45) is 0.603. The molecule has 0 aliphatic heterocycles. The highest BCUT2D eigenvalue weighted by atomic mass is 16.4. The van der Waals surface area contributed by atoms with Crippen molar-refractivity contribution in [2.24, 2.45) is 5.92 Å². The summed E-state index contributed by atoms with van der Waals surface area (Å²) in [6, 6.07) is -0.301. The van der Waals surface area contributed by atoms with Gasteiger partial charge in [-0.1, -0.05) is 6.92 Å². The number of aliphatic carboxylic acids is 1. The molecule has 0 aromatic carbocycles. The summed E-state index contributed by atoms with van der Waals surface area (Å²) in [5, 5.41) is 11.3. The highest BCUT2D eigenvalue weighted by Gasteiger charge is 2.17. The van der Waals surface area contributed by atoms with Gasteiger partial charge in [-0.3, -0.25) is 9.59 Å². The van der Waals surface area contributed by atoms with E-state index in [0.717, 1.165) is 0 Å². The highest BCUT2D eigenvalue weighted by Crippen LogP contribution is 2.04. The number of amides is 3. The van der Waals surface area contributed by atoms with Gasteiger partial charge in [0, 0.05) is 33.6 Å². The normalized spacial score (nSPS) is 11.6. The Kier molecular flexibility index (Phi) is 8.35. The Balaban J connectivity index is 4.15. The molecule has 1 unspecified atom stereocenters. The summed E-state index contributed by atoms with van der Waals surface area (Å²) in [6.45, 7) is 4.56. The number of likely N-dealkylation sites (N-methyl/N-ethyl adjacent to an activating group) is 2. The molecule has 0 spiro atoms. The van der Waals surface area contributed by atoms with Crippen molar-refractivity contribution >= 4 is 17.9 Å². The van der Waals surface area contributed by atoms with Crippen LogP contribution in [0.5, 0.6) is 0 Å². The van der Waals surface area contributed by atoms with Crippen molar-refractivity contribution in [1.29, 1.82) is 0 Å². The predicted octanol–water partition coefficient (Wildman–Crippen LogP) is 0.607. The second kappa shape index (κ2) is 9.17. The molecule has 0 rings (SSSR count). The number of hydrogen-bond donors (Lipinski definition) is 2. The first-order valence-corrected chi connectivity index (χ1v) is 6.72. The van der Waals surface area contributed by atoms with E-state index < -0.39 is 5.97 Å². The molecule has 0 saturated carbocycles. The number of urea groups is 1. The molecule has 0 radical (unpaired) electrons. The molecule has 0 heterocycles. The van der Waals surface area contributed by atoms with Gasteiger partial charge in [-0.2, -0.15) is 0 Å². The van der Waals surface area contributed by atoms with Crippen molar-refractivity contribution in [3.8, 4) is 0 Å². The standard InChI is InChI=1S/C13H25N3O4/c1-5-16(9-11(17)15(3)4)13(20)14-8-10(2)6-7-12(18)19/h10H,5-9H2,1-4H3,(H,14,20)(H,18,19). The summed E-state index contributed by atoms with van der Waals surface area (Å²) in [5.74, 6) is -0.894. The van der Waals surface area contributed by atoms with Crippen LogP contribution in [0.25, 0.3) is 0 Å². The molecule has 3 amide bonds. The summed E-state index contributed by atoms with van der Waals surface area (Å²) in [7, 11) is 3.28. The summed E-state index contributed by atoms with van der Waals surface area (Å²) in [5.41, 5.74) is 0. The molecule has 20 heavy (non-hydrogen) atoms. The zero-order chi connectivity index (χ0) is 15.7. The first-order valence-electron chi connectivity index (χ1n) is 6.72. The van der Waals surface area contributed by atoms with Crippen molar-refractivity contribution in [3.63, 3.8) is 0 Å². The van der Waals surface area contributed by atoms with Crippen LogP contribution >= 0.6 is 0 Å². The number of carbonyl (C=O) groups excluding carboxylic acids is 2. The monoisotopic (exact) mass is 287 g/mol. The van der Waals surface area contributed by atoms with Gasteiger partial charge in [-0.25, -0.2) is 4.79 Å². The van der Waals surface area contributed by atoms with Gasteiger partial charge >= 0.3 is 12.0 Å². The van der Waals surface area contributed by atoms with E-state index in [9.17, 15) is 14.4 Å². The molecule has 116 valence electrons. The first kappa shape index (κ1) is 18.2. The molecular formula is C13H25N3O4. The van der Waals surface area contributed by atoms with Crippen LogP contribution in [0.4, 0.5) is 4.79 Å². The Bertz CT molecular complexity index is 345. The quantitative estimate of drug-likeness (QED) is 0.684. The Hall–Kier alpha value is -1.79. The molecule has 0 aliphatic rings. The molecule has 0 aromatic rings.